The van der Waals surface area contributed by atoms with Gasteiger partial charge in [0.25, 0.3) is 0 Å². The molecule has 0 radical (unpaired) electrons. The highest BCUT2D eigenvalue weighted by Gasteiger charge is 2.25. The lowest BCUT2D eigenvalue weighted by atomic mass is 9.89. The topological polar surface area (TPSA) is 49.0 Å². The third kappa shape index (κ3) is 2.96. The van der Waals surface area contributed by atoms with Gasteiger partial charge in [-0.05, 0) is 37.3 Å². The fourth-order valence-corrected chi connectivity index (χ4v) is 4.24. The van der Waals surface area contributed by atoms with Gasteiger partial charge >= 0.3 is 0 Å². The number of likely N-dealkylation sites (tertiary alicyclic amines) is 1. The largest absolute Gasteiger partial charge is 0.361 e. The Balaban J connectivity index is 1.40. The van der Waals surface area contributed by atoms with Gasteiger partial charge in [-0.3, -0.25) is 4.79 Å². The number of nitrogens with zero attached hydrogens (tertiary/aromatic N) is 2. The van der Waals surface area contributed by atoms with Gasteiger partial charge in [-0.15, -0.1) is 11.3 Å². The molecule has 1 aliphatic rings. The molecule has 1 aliphatic heterocycles. The Morgan fingerprint density at radius 2 is 2.12 bits per heavy atom. The van der Waals surface area contributed by atoms with Crippen LogP contribution in [0, 0.1) is 6.92 Å². The van der Waals surface area contributed by atoms with Crippen LogP contribution in [0.3, 0.4) is 0 Å². The maximum atomic E-state index is 12.5. The third-order valence-electron chi connectivity index (χ3n) is 4.91. The molecule has 0 spiro atoms. The molecule has 1 N–H and O–H groups in total. The van der Waals surface area contributed by atoms with Crippen LogP contribution < -0.4 is 0 Å². The van der Waals surface area contributed by atoms with E-state index in [0.717, 1.165) is 36.6 Å². The van der Waals surface area contributed by atoms with Crippen LogP contribution in [-0.4, -0.2) is 33.9 Å². The Hall–Kier alpha value is -2.14. The summed E-state index contributed by atoms with van der Waals surface area (Å²) >= 11 is 1.61. The van der Waals surface area contributed by atoms with Crippen LogP contribution in [-0.2, 0) is 11.2 Å². The molecule has 0 atom stereocenters. The first kappa shape index (κ1) is 15.4. The van der Waals surface area contributed by atoms with Gasteiger partial charge < -0.3 is 9.88 Å². The molecular formula is C19H21N3OS. The second-order valence-corrected chi connectivity index (χ2v) is 7.54. The summed E-state index contributed by atoms with van der Waals surface area (Å²) in [5, 5.41) is 4.34. The number of rotatable bonds is 3. The average Bonchev–Trinajstić information content (AvgIpc) is 3.21. The van der Waals surface area contributed by atoms with E-state index in [4.69, 9.17) is 0 Å². The van der Waals surface area contributed by atoms with E-state index in [1.54, 1.807) is 11.3 Å². The predicted molar refractivity (Wildman–Crippen MR) is 97.4 cm³/mol. The van der Waals surface area contributed by atoms with Gasteiger partial charge in [0, 0.05) is 35.6 Å². The van der Waals surface area contributed by atoms with Crippen LogP contribution in [0.4, 0.5) is 0 Å². The minimum Gasteiger partial charge on any atom is -0.361 e. The summed E-state index contributed by atoms with van der Waals surface area (Å²) in [6.45, 7) is 3.66. The van der Waals surface area contributed by atoms with E-state index in [1.165, 1.54) is 16.5 Å². The number of aryl methyl sites for hydroxylation is 1. The summed E-state index contributed by atoms with van der Waals surface area (Å²) < 4.78 is 0. The van der Waals surface area contributed by atoms with Gasteiger partial charge in [-0.1, -0.05) is 18.2 Å². The van der Waals surface area contributed by atoms with Crippen molar-refractivity contribution in [1.29, 1.82) is 0 Å². The number of amides is 1. The van der Waals surface area contributed by atoms with Crippen molar-refractivity contribution in [3.8, 4) is 0 Å². The number of piperidine rings is 1. The van der Waals surface area contributed by atoms with Gasteiger partial charge in [0.05, 0.1) is 17.1 Å². The number of H-pyrrole nitrogens is 1. The second kappa shape index (κ2) is 6.40. The Labute approximate surface area is 145 Å². The third-order valence-corrected chi connectivity index (χ3v) is 5.73. The number of benzene rings is 1. The molecule has 0 unspecified atom stereocenters. The van der Waals surface area contributed by atoms with E-state index < -0.39 is 0 Å². The van der Waals surface area contributed by atoms with Crippen molar-refractivity contribution in [2.24, 2.45) is 0 Å². The Morgan fingerprint density at radius 3 is 2.88 bits per heavy atom. The fraction of sp³-hybridized carbons (Fsp3) is 0.368. The van der Waals surface area contributed by atoms with Crippen LogP contribution in [0.1, 0.15) is 35.0 Å². The minimum absolute atomic E-state index is 0.206. The van der Waals surface area contributed by atoms with E-state index in [0.29, 0.717) is 12.3 Å². The van der Waals surface area contributed by atoms with Crippen LogP contribution >= 0.6 is 11.3 Å². The number of thiazole rings is 1. The van der Waals surface area contributed by atoms with Crippen LogP contribution in [0.15, 0.2) is 35.8 Å². The van der Waals surface area contributed by atoms with Crippen molar-refractivity contribution >= 4 is 28.1 Å². The molecule has 124 valence electrons. The van der Waals surface area contributed by atoms with Crippen molar-refractivity contribution in [2.45, 2.75) is 32.1 Å². The fourth-order valence-electron chi connectivity index (χ4n) is 3.63. The second-order valence-electron chi connectivity index (χ2n) is 6.48. The summed E-state index contributed by atoms with van der Waals surface area (Å²) in [7, 11) is 0. The molecular weight excluding hydrogens is 318 g/mol. The molecule has 3 heterocycles. The first-order valence-electron chi connectivity index (χ1n) is 8.45. The van der Waals surface area contributed by atoms with E-state index in [2.05, 4.69) is 40.4 Å². The first-order valence-corrected chi connectivity index (χ1v) is 9.33. The smallest absolute Gasteiger partial charge is 0.228 e. The van der Waals surface area contributed by atoms with Gasteiger partial charge in [0.1, 0.15) is 0 Å². The number of hydrogen-bond donors (Lipinski definition) is 1. The number of hydrogen-bond acceptors (Lipinski definition) is 3. The summed E-state index contributed by atoms with van der Waals surface area (Å²) in [5.74, 6) is 0.740. The van der Waals surface area contributed by atoms with Gasteiger partial charge in [0.15, 0.2) is 0 Å². The Bertz CT molecular complexity index is 858. The van der Waals surface area contributed by atoms with Crippen molar-refractivity contribution < 1.29 is 4.79 Å². The van der Waals surface area contributed by atoms with E-state index in [1.807, 2.05) is 17.2 Å². The minimum atomic E-state index is 0.206. The zero-order valence-electron chi connectivity index (χ0n) is 13.8. The predicted octanol–water partition coefficient (Wildman–Crippen LogP) is 3.88. The maximum Gasteiger partial charge on any atom is 0.228 e. The van der Waals surface area contributed by atoms with Crippen LogP contribution in [0.5, 0.6) is 0 Å². The van der Waals surface area contributed by atoms with Crippen molar-refractivity contribution in [1.82, 2.24) is 14.9 Å². The number of nitrogens with one attached hydrogen (secondary N) is 1. The molecule has 1 fully saturated rings. The van der Waals surface area contributed by atoms with Crippen LogP contribution in [0.2, 0.25) is 0 Å². The maximum absolute atomic E-state index is 12.5. The molecule has 24 heavy (non-hydrogen) atoms. The summed E-state index contributed by atoms with van der Waals surface area (Å²) in [6.07, 6.45) is 4.64. The van der Waals surface area contributed by atoms with Gasteiger partial charge in [-0.2, -0.15) is 0 Å². The van der Waals surface area contributed by atoms with Crippen molar-refractivity contribution in [3.63, 3.8) is 0 Å². The normalized spacial score (nSPS) is 16.0. The number of aromatic amines is 1. The summed E-state index contributed by atoms with van der Waals surface area (Å²) in [6, 6.07) is 8.45. The lowest BCUT2D eigenvalue weighted by molar-refractivity contribution is -0.131. The number of aromatic nitrogens is 2. The van der Waals surface area contributed by atoms with Crippen molar-refractivity contribution in [2.75, 3.05) is 13.1 Å². The summed E-state index contributed by atoms with van der Waals surface area (Å²) in [5.41, 5.74) is 3.50. The van der Waals surface area contributed by atoms with E-state index in [-0.39, 0.29) is 5.91 Å². The molecule has 5 heteroatoms. The van der Waals surface area contributed by atoms with Crippen LogP contribution in [0.25, 0.3) is 10.9 Å². The number of carbonyl (C=O) groups is 1. The molecule has 4 nitrogen and oxygen atoms in total. The highest BCUT2D eigenvalue weighted by Crippen LogP contribution is 2.33. The molecule has 1 amide bonds. The zero-order chi connectivity index (χ0) is 16.5. The molecule has 0 bridgehead atoms. The SMILES string of the molecule is Cc1nc(CC(=O)N2CCC(c3c[nH]c4ccccc34)CC2)cs1. The zero-order valence-corrected chi connectivity index (χ0v) is 14.6. The average molecular weight is 339 g/mol. The van der Waals surface area contributed by atoms with E-state index >= 15 is 0 Å². The number of fused-ring (bicyclic) bond motifs is 1. The van der Waals surface area contributed by atoms with Gasteiger partial charge in [0.2, 0.25) is 5.91 Å². The molecule has 2 aromatic heterocycles. The van der Waals surface area contributed by atoms with Gasteiger partial charge in [-0.25, -0.2) is 4.98 Å². The molecule has 3 aromatic rings. The first-order chi connectivity index (χ1) is 11.7. The Morgan fingerprint density at radius 1 is 1.33 bits per heavy atom. The quantitative estimate of drug-likeness (QED) is 0.787. The lowest BCUT2D eigenvalue weighted by Crippen LogP contribution is -2.38. The molecule has 0 aliphatic carbocycles. The van der Waals surface area contributed by atoms with Crippen molar-refractivity contribution in [3.05, 3.63) is 52.1 Å². The molecule has 0 saturated carbocycles. The monoisotopic (exact) mass is 339 g/mol. The standard InChI is InChI=1S/C19H21N3OS/c1-13-21-15(12-24-13)10-19(23)22-8-6-14(7-9-22)17-11-20-18-5-3-2-4-16(17)18/h2-5,11-12,14,20H,6-10H2,1H3. The Kier molecular flexibility index (Phi) is 4.10. The number of carbonyl (C=O) groups excluding carboxylic acids is 1. The molecule has 4 rings (SSSR count). The summed E-state index contributed by atoms with van der Waals surface area (Å²) in [4.78, 5) is 22.2. The number of para-hydroxylation sites is 1. The molecule has 1 aromatic carbocycles. The highest BCUT2D eigenvalue weighted by atomic mass is 32.1. The lowest BCUT2D eigenvalue weighted by Gasteiger charge is -2.32. The highest BCUT2D eigenvalue weighted by molar-refractivity contribution is 7.09. The molecule has 1 saturated heterocycles. The van der Waals surface area contributed by atoms with E-state index in [9.17, 15) is 4.79 Å².